The van der Waals surface area contributed by atoms with Crippen molar-refractivity contribution in [1.82, 2.24) is 0 Å². The van der Waals surface area contributed by atoms with Crippen LogP contribution in [0.15, 0.2) is 29.8 Å². The van der Waals surface area contributed by atoms with Crippen LogP contribution < -0.4 is 0 Å². The number of fused-ring (bicyclic) bond motifs is 8. The number of aliphatic hydroxyl groups excluding tert-OH is 4. The van der Waals surface area contributed by atoms with Gasteiger partial charge >= 0.3 is 0 Å². The summed E-state index contributed by atoms with van der Waals surface area (Å²) >= 11 is 0. The summed E-state index contributed by atoms with van der Waals surface area (Å²) < 4.78 is 6.62. The summed E-state index contributed by atoms with van der Waals surface area (Å²) in [5, 5.41) is 91.6. The van der Waals surface area contributed by atoms with Crippen LogP contribution in [0.2, 0.25) is 0 Å². The van der Waals surface area contributed by atoms with E-state index in [1.807, 2.05) is 34.6 Å². The second-order valence-electron chi connectivity index (χ2n) is 17.8. The van der Waals surface area contributed by atoms with Crippen molar-refractivity contribution in [2.45, 2.75) is 134 Å². The van der Waals surface area contributed by atoms with E-state index >= 15 is 0 Å². The highest BCUT2D eigenvalue weighted by Crippen LogP contribution is 2.77. The molecule has 1 saturated heterocycles. The average molecular weight is 685 g/mol. The van der Waals surface area contributed by atoms with Gasteiger partial charge in [-0.2, -0.15) is 0 Å². The third-order valence-electron chi connectivity index (χ3n) is 15.0. The van der Waals surface area contributed by atoms with E-state index in [1.54, 1.807) is 6.08 Å². The van der Waals surface area contributed by atoms with Crippen LogP contribution in [-0.2, 0) is 9.53 Å². The third-order valence-corrected chi connectivity index (χ3v) is 15.0. The van der Waals surface area contributed by atoms with Crippen molar-refractivity contribution in [3.8, 4) is 11.5 Å². The van der Waals surface area contributed by atoms with Crippen LogP contribution in [-0.4, -0.2) is 95.0 Å². The Morgan fingerprint density at radius 2 is 1.61 bits per heavy atom. The monoisotopic (exact) mass is 684 g/mol. The maximum absolute atomic E-state index is 14.6. The summed E-state index contributed by atoms with van der Waals surface area (Å²) in [5.74, 6) is -3.47. The number of ketones is 1. The fraction of sp³-hybridized carbons (Fsp3) is 0.769. The highest BCUT2D eigenvalue weighted by molar-refractivity contribution is 5.96. The van der Waals surface area contributed by atoms with Gasteiger partial charge in [0.2, 0.25) is 0 Å². The largest absolute Gasteiger partial charge is 0.508 e. The van der Waals surface area contributed by atoms with Crippen molar-refractivity contribution in [2.24, 2.45) is 45.8 Å². The van der Waals surface area contributed by atoms with E-state index in [9.17, 15) is 45.6 Å². The lowest BCUT2D eigenvalue weighted by Crippen LogP contribution is -2.68. The van der Waals surface area contributed by atoms with E-state index in [-0.39, 0.29) is 60.9 Å². The highest BCUT2D eigenvalue weighted by atomic mass is 16.5. The Balaban J connectivity index is 1.39. The van der Waals surface area contributed by atoms with Gasteiger partial charge in [-0.05, 0) is 83.6 Å². The Labute approximate surface area is 288 Å². The highest BCUT2D eigenvalue weighted by Gasteiger charge is 2.79. The number of aliphatic hydroxyl groups is 6. The molecule has 5 aliphatic carbocycles. The molecular formula is C39H56O10. The number of aromatic hydroxyl groups is 2. The van der Waals surface area contributed by atoms with Gasteiger partial charge in [-0.1, -0.05) is 47.5 Å². The fourth-order valence-corrected chi connectivity index (χ4v) is 13.0. The number of carbonyl (C=O) groups is 1. The Hall–Kier alpha value is -2.05. The number of hydrogen-bond acceptors (Lipinski definition) is 10. The Bertz CT molecular complexity index is 1500. The third kappa shape index (κ3) is 4.66. The molecule has 1 aliphatic heterocycles. The lowest BCUT2D eigenvalue weighted by Gasteiger charge is -2.67. The predicted molar refractivity (Wildman–Crippen MR) is 179 cm³/mol. The summed E-state index contributed by atoms with van der Waals surface area (Å²) in [7, 11) is 0. The lowest BCUT2D eigenvalue weighted by molar-refractivity contribution is -0.208. The molecule has 0 radical (unpaired) electrons. The Kier molecular flexibility index (Phi) is 8.28. The zero-order chi connectivity index (χ0) is 35.6. The Morgan fingerprint density at radius 1 is 0.980 bits per heavy atom. The van der Waals surface area contributed by atoms with Gasteiger partial charge in [-0.25, -0.2) is 0 Å². The van der Waals surface area contributed by atoms with E-state index in [0.717, 1.165) is 25.7 Å². The van der Waals surface area contributed by atoms with Crippen molar-refractivity contribution in [2.75, 3.05) is 6.61 Å². The number of rotatable bonds is 6. The van der Waals surface area contributed by atoms with Crippen LogP contribution in [0.25, 0.3) is 0 Å². The number of carbonyl (C=O) groups excluding carboxylic acids is 1. The molecule has 10 heteroatoms. The van der Waals surface area contributed by atoms with E-state index in [4.69, 9.17) is 4.74 Å². The average Bonchev–Trinajstić information content (AvgIpc) is 3.64. The SMILES string of the molecule is CC(C)[C@H](C)[C@H](O)[C@H]1O[C@H]2C[C@]3(O)C4=CC(=O)[C@H]5[C@H](c6cc(O)cc(O)c6)[C@@H](O)[C@@H](O)C[C@]5(C)[C@@H]4C4(CCCC4)C[C@]3(C)[C@@H]2[C@]1(O)CCO. The quantitative estimate of drug-likeness (QED) is 0.221. The molecule has 0 amide bonds. The fourth-order valence-electron chi connectivity index (χ4n) is 13.0. The van der Waals surface area contributed by atoms with Crippen LogP contribution in [0.4, 0.5) is 0 Å². The van der Waals surface area contributed by atoms with Crippen LogP contribution >= 0.6 is 0 Å². The van der Waals surface area contributed by atoms with Crippen molar-refractivity contribution in [3.05, 3.63) is 35.4 Å². The van der Waals surface area contributed by atoms with Crippen LogP contribution in [0.5, 0.6) is 11.5 Å². The molecule has 1 spiro atoms. The smallest absolute Gasteiger partial charge is 0.160 e. The molecule has 8 N–H and O–H groups in total. The summed E-state index contributed by atoms with van der Waals surface area (Å²) in [6.07, 6.45) is 0.745. The molecule has 4 saturated carbocycles. The molecule has 7 rings (SSSR count). The number of benzene rings is 1. The second-order valence-corrected chi connectivity index (χ2v) is 17.8. The van der Waals surface area contributed by atoms with E-state index < -0.39 is 75.7 Å². The van der Waals surface area contributed by atoms with Gasteiger partial charge in [-0.15, -0.1) is 0 Å². The summed E-state index contributed by atoms with van der Waals surface area (Å²) in [6, 6.07) is 4.04. The van der Waals surface area contributed by atoms with E-state index in [0.29, 0.717) is 17.6 Å². The van der Waals surface area contributed by atoms with Gasteiger partial charge in [0.15, 0.2) is 5.78 Å². The lowest BCUT2D eigenvalue weighted by atomic mass is 9.37. The first-order chi connectivity index (χ1) is 22.9. The minimum atomic E-state index is -1.63. The van der Waals surface area contributed by atoms with Crippen molar-refractivity contribution in [1.29, 1.82) is 0 Å². The minimum absolute atomic E-state index is 0.0247. The molecular weight excluding hydrogens is 628 g/mol. The topological polar surface area (TPSA) is 188 Å². The maximum Gasteiger partial charge on any atom is 0.160 e. The molecule has 0 bridgehead atoms. The summed E-state index contributed by atoms with van der Waals surface area (Å²) in [5.41, 5.74) is -4.52. The number of hydrogen-bond donors (Lipinski definition) is 8. The molecule has 10 nitrogen and oxygen atoms in total. The molecule has 5 fully saturated rings. The molecule has 1 aromatic rings. The summed E-state index contributed by atoms with van der Waals surface area (Å²) in [4.78, 5) is 14.6. The zero-order valence-electron chi connectivity index (χ0n) is 29.4. The zero-order valence-corrected chi connectivity index (χ0v) is 29.4. The molecule has 0 aromatic heterocycles. The van der Waals surface area contributed by atoms with Gasteiger partial charge in [0.25, 0.3) is 0 Å². The first-order valence-electron chi connectivity index (χ1n) is 18.4. The summed E-state index contributed by atoms with van der Waals surface area (Å²) in [6.45, 7) is 9.62. The van der Waals surface area contributed by atoms with Crippen LogP contribution in [0.3, 0.4) is 0 Å². The standard InChI is InChI=1S/C39H56O10/c1-19(2)20(3)30(45)34-38(47,10-11-40)33-27(49-34)17-39(48)24-15-25(43)29-28(21-12-22(41)14-23(42)13-21)31(46)26(44)16-35(29,4)32(24)37(8-6-7-9-37)18-36(33,39)5/h12-15,19-20,26-34,40-42,44-48H,6-11,16-18H2,1-5H3/t20-,26-,27-,28-,29-,30-,31-,32+,33+,34+,35-,36+,38+,39-/m0/s1. The number of ether oxygens (including phenoxy) is 1. The predicted octanol–water partition coefficient (Wildman–Crippen LogP) is 3.31. The first-order valence-corrected chi connectivity index (χ1v) is 18.4. The number of allylic oxidation sites excluding steroid dienone is 1. The maximum atomic E-state index is 14.6. The minimum Gasteiger partial charge on any atom is -0.508 e. The van der Waals surface area contributed by atoms with Gasteiger partial charge in [0.05, 0.1) is 30.0 Å². The molecule has 272 valence electrons. The van der Waals surface area contributed by atoms with Crippen LogP contribution in [0, 0.1) is 45.8 Å². The van der Waals surface area contributed by atoms with Crippen molar-refractivity contribution >= 4 is 5.78 Å². The molecule has 1 aromatic carbocycles. The van der Waals surface area contributed by atoms with Gasteiger partial charge < -0.3 is 45.6 Å². The molecule has 14 atom stereocenters. The molecule has 0 unspecified atom stereocenters. The van der Waals surface area contributed by atoms with Gasteiger partial charge in [0.1, 0.15) is 23.2 Å². The number of phenolic OH excluding ortho intramolecular Hbond substituents is 2. The van der Waals surface area contributed by atoms with Gasteiger partial charge in [-0.3, -0.25) is 4.79 Å². The first kappa shape index (κ1) is 35.4. The van der Waals surface area contributed by atoms with Crippen molar-refractivity contribution < 1.29 is 50.4 Å². The molecule has 49 heavy (non-hydrogen) atoms. The van der Waals surface area contributed by atoms with E-state index in [2.05, 4.69) is 0 Å². The molecule has 6 aliphatic rings. The van der Waals surface area contributed by atoms with E-state index in [1.165, 1.54) is 18.2 Å². The second kappa shape index (κ2) is 11.5. The Morgan fingerprint density at radius 3 is 2.20 bits per heavy atom. The van der Waals surface area contributed by atoms with Crippen LogP contribution in [0.1, 0.15) is 97.5 Å². The normalized spacial score (nSPS) is 46.6. The van der Waals surface area contributed by atoms with Crippen molar-refractivity contribution in [3.63, 3.8) is 0 Å². The van der Waals surface area contributed by atoms with Gasteiger partial charge in [0, 0.05) is 48.7 Å². The molecule has 1 heterocycles. The number of phenols is 2.